The van der Waals surface area contributed by atoms with Crippen LogP contribution in [0.4, 0.5) is 0 Å². The van der Waals surface area contributed by atoms with E-state index >= 15 is 0 Å². The van der Waals surface area contributed by atoms with Gasteiger partial charge in [-0.3, -0.25) is 4.79 Å². The van der Waals surface area contributed by atoms with Gasteiger partial charge in [-0.25, -0.2) is 0 Å². The van der Waals surface area contributed by atoms with Crippen LogP contribution in [0.3, 0.4) is 0 Å². The molecule has 4 aliphatic rings. The third kappa shape index (κ3) is 4.27. The van der Waals surface area contributed by atoms with Gasteiger partial charge in [0.2, 0.25) is 0 Å². The van der Waals surface area contributed by atoms with Gasteiger partial charge in [0.05, 0.1) is 5.57 Å². The van der Waals surface area contributed by atoms with Crippen molar-refractivity contribution in [2.24, 2.45) is 50.2 Å². The Morgan fingerprint density at radius 1 is 1.03 bits per heavy atom. The maximum atomic E-state index is 13.3. The summed E-state index contributed by atoms with van der Waals surface area (Å²) >= 11 is 0. The van der Waals surface area contributed by atoms with E-state index in [0.29, 0.717) is 17.8 Å². The second-order valence-electron chi connectivity index (χ2n) is 15.7. The van der Waals surface area contributed by atoms with Crippen LogP contribution in [0.2, 0.25) is 0 Å². The monoisotopic (exact) mass is 509 g/mol. The molecule has 4 rings (SSSR count). The predicted octanol–water partition coefficient (Wildman–Crippen LogP) is 7.45. The molecule has 0 aromatic carbocycles. The maximum absolute atomic E-state index is 13.3. The lowest BCUT2D eigenvalue weighted by molar-refractivity contribution is -0.178. The molecule has 4 heteroatoms. The van der Waals surface area contributed by atoms with Gasteiger partial charge in [0, 0.05) is 18.4 Å². The van der Waals surface area contributed by atoms with Crippen LogP contribution in [-0.2, 0) is 9.59 Å². The zero-order valence-corrected chi connectivity index (χ0v) is 24.8. The highest BCUT2D eigenvalue weighted by Gasteiger charge is 2.66. The predicted molar refractivity (Wildman–Crippen MR) is 147 cm³/mol. The summed E-state index contributed by atoms with van der Waals surface area (Å²) in [6.07, 6.45) is 12.4. The molecule has 4 aliphatic carbocycles. The first-order chi connectivity index (χ1) is 17.0. The number of ketones is 2. The number of hydrogen-bond acceptors (Lipinski definition) is 4. The van der Waals surface area contributed by atoms with Crippen molar-refractivity contribution in [3.8, 4) is 6.07 Å². The molecule has 0 amide bonds. The summed E-state index contributed by atoms with van der Waals surface area (Å²) < 4.78 is 0. The minimum absolute atomic E-state index is 0.0373. The number of rotatable bonds is 5. The number of aliphatic hydroxyl groups is 1. The van der Waals surface area contributed by atoms with Gasteiger partial charge in [0.1, 0.15) is 11.9 Å². The van der Waals surface area contributed by atoms with Gasteiger partial charge < -0.3 is 9.90 Å². The Bertz CT molecular complexity index is 1030. The molecule has 0 spiro atoms. The van der Waals surface area contributed by atoms with Crippen molar-refractivity contribution in [2.75, 3.05) is 6.61 Å². The number of hydrogen-bond donors (Lipinski definition) is 1. The Labute approximate surface area is 225 Å². The molecular weight excluding hydrogens is 458 g/mol. The van der Waals surface area contributed by atoms with Gasteiger partial charge in [-0.1, -0.05) is 54.5 Å². The zero-order valence-electron chi connectivity index (χ0n) is 24.8. The van der Waals surface area contributed by atoms with E-state index in [-0.39, 0.29) is 57.2 Å². The summed E-state index contributed by atoms with van der Waals surface area (Å²) in [7, 11) is 0. The first-order valence-electron chi connectivity index (χ1n) is 14.8. The Morgan fingerprint density at radius 2 is 1.68 bits per heavy atom. The topological polar surface area (TPSA) is 78.2 Å². The molecule has 4 nitrogen and oxygen atoms in total. The van der Waals surface area contributed by atoms with Crippen molar-refractivity contribution in [1.29, 1.82) is 5.26 Å². The largest absolute Gasteiger partial charge is 0.396 e. The number of carbonyl (C=O) groups is 2. The van der Waals surface area contributed by atoms with Gasteiger partial charge in [-0.2, -0.15) is 5.26 Å². The van der Waals surface area contributed by atoms with E-state index in [1.807, 2.05) is 19.9 Å². The molecule has 7 atom stereocenters. The Morgan fingerprint density at radius 3 is 2.27 bits per heavy atom. The van der Waals surface area contributed by atoms with Crippen LogP contribution in [0.5, 0.6) is 0 Å². The zero-order chi connectivity index (χ0) is 27.7. The highest BCUT2D eigenvalue weighted by atomic mass is 16.3. The molecule has 1 unspecified atom stereocenters. The van der Waals surface area contributed by atoms with Crippen LogP contribution in [-0.4, -0.2) is 23.3 Å². The molecule has 0 heterocycles. The fraction of sp³-hybridized carbons (Fsp3) is 0.848. The van der Waals surface area contributed by atoms with Crippen LogP contribution >= 0.6 is 0 Å². The molecule has 3 fully saturated rings. The van der Waals surface area contributed by atoms with Crippen molar-refractivity contribution in [3.63, 3.8) is 0 Å². The van der Waals surface area contributed by atoms with Crippen LogP contribution < -0.4 is 0 Å². The lowest BCUT2D eigenvalue weighted by atomic mass is 9.36. The summed E-state index contributed by atoms with van der Waals surface area (Å²) in [5.41, 5.74) is -0.160. The number of nitriles is 1. The Balaban J connectivity index is 1.80. The lowest BCUT2D eigenvalue weighted by Gasteiger charge is -2.67. The van der Waals surface area contributed by atoms with E-state index in [1.54, 1.807) is 6.92 Å². The van der Waals surface area contributed by atoms with Crippen molar-refractivity contribution in [3.05, 3.63) is 11.6 Å². The molecule has 0 radical (unpaired) electrons. The fourth-order valence-corrected chi connectivity index (χ4v) is 10.4. The average Bonchev–Trinajstić information content (AvgIpc) is 2.79. The Hall–Kier alpha value is -1.47. The molecule has 0 bridgehead atoms. The quantitative estimate of drug-likeness (QED) is 0.417. The number of Topliss-reactive ketones (excluding diaryl/α,β-unsaturated/α-hetero) is 2. The van der Waals surface area contributed by atoms with Gasteiger partial charge in [0.15, 0.2) is 5.78 Å². The number of nitrogens with zero attached hydrogens (tertiary/aromatic N) is 1. The van der Waals surface area contributed by atoms with Crippen molar-refractivity contribution in [2.45, 2.75) is 120 Å². The normalized spacial score (nSPS) is 44.7. The highest BCUT2D eigenvalue weighted by molar-refractivity contribution is 6.04. The van der Waals surface area contributed by atoms with E-state index in [0.717, 1.165) is 38.5 Å². The highest BCUT2D eigenvalue weighted by Crippen LogP contribution is 2.72. The summed E-state index contributed by atoms with van der Waals surface area (Å²) in [5, 5.41) is 20.0. The van der Waals surface area contributed by atoms with Crippen LogP contribution in [0.25, 0.3) is 0 Å². The lowest BCUT2D eigenvalue weighted by Crippen LogP contribution is -2.62. The summed E-state index contributed by atoms with van der Waals surface area (Å²) in [5.74, 6) is 0.949. The molecule has 0 aromatic rings. The second-order valence-corrected chi connectivity index (χ2v) is 15.7. The molecule has 206 valence electrons. The minimum atomic E-state index is -0.609. The number of aliphatic hydroxyl groups excluding tert-OH is 1. The van der Waals surface area contributed by atoms with Crippen LogP contribution in [0, 0.1) is 61.6 Å². The number of fused-ring (bicyclic) bond motifs is 2. The van der Waals surface area contributed by atoms with Crippen molar-refractivity contribution >= 4 is 11.6 Å². The summed E-state index contributed by atoms with van der Waals surface area (Å²) in [6.45, 7) is 18.0. The Kier molecular flexibility index (Phi) is 6.97. The van der Waals surface area contributed by atoms with E-state index in [9.17, 15) is 20.0 Å². The molecule has 1 N–H and O–H groups in total. The van der Waals surface area contributed by atoms with E-state index in [4.69, 9.17) is 0 Å². The molecule has 3 saturated carbocycles. The van der Waals surface area contributed by atoms with E-state index < -0.39 is 5.41 Å². The fourth-order valence-electron chi connectivity index (χ4n) is 10.4. The molecule has 0 aromatic heterocycles. The number of carbonyl (C=O) groups excluding carboxylic acids is 2. The number of allylic oxidation sites excluding steroid dienone is 2. The third-order valence-corrected chi connectivity index (χ3v) is 12.8. The van der Waals surface area contributed by atoms with Gasteiger partial charge in [-0.15, -0.1) is 0 Å². The summed E-state index contributed by atoms with van der Waals surface area (Å²) in [4.78, 5) is 26.1. The summed E-state index contributed by atoms with van der Waals surface area (Å²) in [6, 6.07) is 2.23. The standard InChI is InChI=1S/C33H51NO3/c1-22(36)17-26-31(7)18-23(21-34)27(37)29(4,5)25(31)9-10-32(26,8)30(6)12-14-33(15-16-35)13-11-28(2,3)19-24(33)20-30/h18,24-26,35H,9-17,19-20H2,1-8H3/t24?,25-,26+,30+,31-,32+,33+/m0/s1. The SMILES string of the molecule is CC(=O)C[C@@H]1[C@@]2(C)C=C(C#N)C(=O)C(C)(C)[C@@H]2CC[C@@]1(C)[C@]1(C)CC[C@@]2(CCO)CCC(C)(C)CC2C1. The molecule has 37 heavy (non-hydrogen) atoms. The van der Waals surface area contributed by atoms with E-state index in [1.165, 1.54) is 19.3 Å². The first kappa shape index (κ1) is 28.5. The first-order valence-corrected chi connectivity index (χ1v) is 14.8. The van der Waals surface area contributed by atoms with E-state index in [2.05, 4.69) is 40.7 Å². The minimum Gasteiger partial charge on any atom is -0.396 e. The van der Waals surface area contributed by atoms with Gasteiger partial charge >= 0.3 is 0 Å². The molecule has 0 saturated heterocycles. The van der Waals surface area contributed by atoms with Crippen molar-refractivity contribution < 1.29 is 14.7 Å². The molecule has 0 aliphatic heterocycles. The van der Waals surface area contributed by atoms with Crippen molar-refractivity contribution in [1.82, 2.24) is 0 Å². The average molecular weight is 510 g/mol. The maximum Gasteiger partial charge on any atom is 0.178 e. The molecular formula is C33H51NO3. The van der Waals surface area contributed by atoms with Gasteiger partial charge in [-0.05, 0) is 110 Å². The third-order valence-electron chi connectivity index (χ3n) is 12.8. The van der Waals surface area contributed by atoms with Crippen LogP contribution in [0.1, 0.15) is 120 Å². The van der Waals surface area contributed by atoms with Crippen LogP contribution in [0.15, 0.2) is 11.6 Å². The second kappa shape index (κ2) is 9.04. The smallest absolute Gasteiger partial charge is 0.178 e. The van der Waals surface area contributed by atoms with Gasteiger partial charge in [0.25, 0.3) is 0 Å².